The summed E-state index contributed by atoms with van der Waals surface area (Å²) in [6, 6.07) is 11.6. The van der Waals surface area contributed by atoms with Crippen molar-refractivity contribution in [2.45, 2.75) is 58.2 Å². The third-order valence-electron chi connectivity index (χ3n) is 6.52. The average molecular weight is 445 g/mol. The van der Waals surface area contributed by atoms with E-state index in [1.54, 1.807) is 22.0 Å². The molecule has 170 valence electrons. The largest absolute Gasteiger partial charge is 0.331 e. The molecule has 1 aromatic carbocycles. The van der Waals surface area contributed by atoms with Gasteiger partial charge in [0.05, 0.1) is 12.6 Å². The Labute approximate surface area is 193 Å². The fraction of sp³-hybridized carbons (Fsp3) is 0.400. The number of aryl methyl sites for hydroxylation is 1. The van der Waals surface area contributed by atoms with Gasteiger partial charge < -0.3 is 4.90 Å². The maximum atomic E-state index is 13.1. The molecule has 0 N–H and O–H groups in total. The Morgan fingerprint density at radius 1 is 1.09 bits per heavy atom. The van der Waals surface area contributed by atoms with Crippen LogP contribution in [0.3, 0.4) is 0 Å². The van der Waals surface area contributed by atoms with Gasteiger partial charge in [-0.1, -0.05) is 30.3 Å². The van der Waals surface area contributed by atoms with Crippen LogP contribution in [0, 0.1) is 6.92 Å². The van der Waals surface area contributed by atoms with Gasteiger partial charge in [-0.2, -0.15) is 5.10 Å². The fourth-order valence-electron chi connectivity index (χ4n) is 4.80. The molecule has 1 saturated heterocycles. The zero-order valence-electron chi connectivity index (χ0n) is 18.9. The highest BCUT2D eigenvalue weighted by molar-refractivity contribution is 5.95. The van der Waals surface area contributed by atoms with Crippen molar-refractivity contribution in [3.63, 3.8) is 0 Å². The van der Waals surface area contributed by atoms with E-state index in [1.807, 2.05) is 48.2 Å². The number of likely N-dealkylation sites (tertiary alicyclic amines) is 1. The number of fused-ring (bicyclic) bond motifs is 1. The lowest BCUT2D eigenvalue weighted by Gasteiger charge is -2.36. The molecule has 1 unspecified atom stereocenters. The van der Waals surface area contributed by atoms with Gasteiger partial charge >= 0.3 is 0 Å². The van der Waals surface area contributed by atoms with E-state index < -0.39 is 0 Å². The van der Waals surface area contributed by atoms with E-state index in [4.69, 9.17) is 9.97 Å². The molecule has 2 amide bonds. The molecular weight excluding hydrogens is 416 g/mol. The van der Waals surface area contributed by atoms with Crippen molar-refractivity contribution in [1.29, 1.82) is 0 Å². The van der Waals surface area contributed by atoms with Crippen molar-refractivity contribution in [2.24, 2.45) is 0 Å². The number of piperidine rings is 1. The minimum atomic E-state index is -0.193. The van der Waals surface area contributed by atoms with Crippen molar-refractivity contribution in [2.75, 3.05) is 11.4 Å². The number of benzene rings is 1. The van der Waals surface area contributed by atoms with Gasteiger partial charge in [-0.3, -0.25) is 19.2 Å². The topological polar surface area (TPSA) is 84.2 Å². The average Bonchev–Trinajstić information content (AvgIpc) is 3.34. The van der Waals surface area contributed by atoms with Gasteiger partial charge in [-0.05, 0) is 44.2 Å². The number of hydrogen-bond donors (Lipinski definition) is 0. The van der Waals surface area contributed by atoms with Crippen LogP contribution in [0.15, 0.2) is 48.8 Å². The second-order valence-electron chi connectivity index (χ2n) is 8.74. The highest BCUT2D eigenvalue weighted by Crippen LogP contribution is 2.34. The van der Waals surface area contributed by atoms with Crippen molar-refractivity contribution in [3.05, 3.63) is 71.4 Å². The number of carbonyl (C=O) groups is 2. The third kappa shape index (κ3) is 4.37. The first-order chi connectivity index (χ1) is 16.1. The molecular formula is C25H28N6O2. The molecule has 3 aromatic rings. The summed E-state index contributed by atoms with van der Waals surface area (Å²) in [5.74, 6) is 1.42. The van der Waals surface area contributed by atoms with E-state index in [-0.39, 0.29) is 24.4 Å². The van der Waals surface area contributed by atoms with Gasteiger partial charge in [0.1, 0.15) is 12.4 Å². The molecule has 2 aliphatic rings. The molecule has 8 nitrogen and oxygen atoms in total. The summed E-state index contributed by atoms with van der Waals surface area (Å²) in [6.45, 7) is 3.34. The first kappa shape index (κ1) is 21.3. The van der Waals surface area contributed by atoms with Crippen LogP contribution in [-0.2, 0) is 29.1 Å². The van der Waals surface area contributed by atoms with E-state index >= 15 is 0 Å². The Bertz CT molecular complexity index is 1150. The standard InChI is InChI=1S/C25H28N6O2/c1-18-20-11-12-22(32)31(16-19-8-3-2-4-9-19)25(20)28-24(27-18)21-10-5-6-15-30(21)23(33)17-29-14-7-13-26-29/h2-4,7-9,13-14,21H,5-6,10-12,15-17H2,1H3. The van der Waals surface area contributed by atoms with Crippen molar-refractivity contribution in [1.82, 2.24) is 24.6 Å². The quantitative estimate of drug-likeness (QED) is 0.603. The zero-order chi connectivity index (χ0) is 22.8. The molecule has 0 spiro atoms. The van der Waals surface area contributed by atoms with Crippen LogP contribution >= 0.6 is 0 Å². The van der Waals surface area contributed by atoms with Gasteiger partial charge in [-0.15, -0.1) is 0 Å². The number of hydrogen-bond acceptors (Lipinski definition) is 5. The van der Waals surface area contributed by atoms with E-state index in [9.17, 15) is 9.59 Å². The lowest BCUT2D eigenvalue weighted by Crippen LogP contribution is -2.42. The maximum absolute atomic E-state index is 13.1. The molecule has 1 fully saturated rings. The molecule has 33 heavy (non-hydrogen) atoms. The Balaban J connectivity index is 1.47. The van der Waals surface area contributed by atoms with Gasteiger partial charge in [0.15, 0.2) is 5.82 Å². The van der Waals surface area contributed by atoms with E-state index in [2.05, 4.69) is 5.10 Å². The summed E-state index contributed by atoms with van der Waals surface area (Å²) in [5, 5.41) is 4.17. The highest BCUT2D eigenvalue weighted by Gasteiger charge is 2.34. The second-order valence-corrected chi connectivity index (χ2v) is 8.74. The molecule has 2 aromatic heterocycles. The highest BCUT2D eigenvalue weighted by atomic mass is 16.2. The first-order valence-corrected chi connectivity index (χ1v) is 11.6. The summed E-state index contributed by atoms with van der Waals surface area (Å²) < 4.78 is 1.65. The molecule has 4 heterocycles. The molecule has 0 radical (unpaired) electrons. The lowest BCUT2D eigenvalue weighted by atomic mass is 9.99. The summed E-state index contributed by atoms with van der Waals surface area (Å²) in [4.78, 5) is 39.5. The summed E-state index contributed by atoms with van der Waals surface area (Å²) >= 11 is 0. The minimum absolute atomic E-state index is 0.0135. The van der Waals surface area contributed by atoms with E-state index in [0.717, 1.165) is 36.1 Å². The number of rotatable bonds is 5. The smallest absolute Gasteiger partial charge is 0.244 e. The Hall–Kier alpha value is -3.55. The molecule has 2 aliphatic heterocycles. The van der Waals surface area contributed by atoms with Crippen molar-refractivity contribution in [3.8, 4) is 0 Å². The summed E-state index contributed by atoms with van der Waals surface area (Å²) in [6.07, 6.45) is 7.38. The van der Waals surface area contributed by atoms with Crippen LogP contribution in [0.4, 0.5) is 5.82 Å². The van der Waals surface area contributed by atoms with E-state index in [1.165, 1.54) is 0 Å². The van der Waals surface area contributed by atoms with Crippen LogP contribution < -0.4 is 4.90 Å². The molecule has 0 aliphatic carbocycles. The van der Waals surface area contributed by atoms with Crippen LogP contribution in [0.5, 0.6) is 0 Å². The maximum Gasteiger partial charge on any atom is 0.244 e. The Morgan fingerprint density at radius 2 is 1.94 bits per heavy atom. The molecule has 1 atom stereocenters. The minimum Gasteiger partial charge on any atom is -0.331 e. The number of anilines is 1. The predicted molar refractivity (Wildman–Crippen MR) is 123 cm³/mol. The van der Waals surface area contributed by atoms with E-state index in [0.29, 0.717) is 37.6 Å². The molecule has 0 saturated carbocycles. The normalized spacial score (nSPS) is 18.3. The lowest BCUT2D eigenvalue weighted by molar-refractivity contribution is -0.136. The van der Waals surface area contributed by atoms with Crippen LogP contribution in [-0.4, -0.2) is 43.0 Å². The van der Waals surface area contributed by atoms with Crippen LogP contribution in [0.2, 0.25) is 0 Å². The van der Waals surface area contributed by atoms with Crippen molar-refractivity contribution >= 4 is 17.6 Å². The van der Waals surface area contributed by atoms with Crippen LogP contribution in [0.1, 0.15) is 54.4 Å². The number of carbonyl (C=O) groups excluding carboxylic acids is 2. The predicted octanol–water partition coefficient (Wildman–Crippen LogP) is 3.21. The summed E-state index contributed by atoms with van der Waals surface area (Å²) in [7, 11) is 0. The number of amides is 2. The Kier molecular flexibility index (Phi) is 5.90. The SMILES string of the molecule is Cc1nc(C2CCCCN2C(=O)Cn2cccn2)nc2c1CCC(=O)N2Cc1ccccc1. The first-order valence-electron chi connectivity index (χ1n) is 11.6. The number of nitrogens with zero attached hydrogens (tertiary/aromatic N) is 6. The molecule has 0 bridgehead atoms. The van der Waals surface area contributed by atoms with Gasteiger partial charge in [0.25, 0.3) is 0 Å². The number of aromatic nitrogens is 4. The second kappa shape index (κ2) is 9.13. The van der Waals surface area contributed by atoms with Gasteiger partial charge in [-0.25, -0.2) is 9.97 Å². The third-order valence-corrected chi connectivity index (χ3v) is 6.52. The molecule has 5 rings (SSSR count). The fourth-order valence-corrected chi connectivity index (χ4v) is 4.80. The monoisotopic (exact) mass is 444 g/mol. The van der Waals surface area contributed by atoms with Crippen LogP contribution in [0.25, 0.3) is 0 Å². The van der Waals surface area contributed by atoms with Gasteiger partial charge in [0, 0.05) is 36.6 Å². The summed E-state index contributed by atoms with van der Waals surface area (Å²) in [5.41, 5.74) is 2.98. The van der Waals surface area contributed by atoms with Gasteiger partial charge in [0.2, 0.25) is 11.8 Å². The molecule has 8 heteroatoms. The zero-order valence-corrected chi connectivity index (χ0v) is 18.9. The Morgan fingerprint density at radius 3 is 2.73 bits per heavy atom. The van der Waals surface area contributed by atoms with Crippen molar-refractivity contribution < 1.29 is 9.59 Å².